The van der Waals surface area contributed by atoms with Crippen molar-refractivity contribution in [1.29, 1.82) is 0 Å². The standard InChI is InChI=1S/C17H21N3O3/c1-13-2-4-14(5-3-13)16-18-15(23-19-16)12-20-8-6-17(7-9-20)21-10-11-22-17/h2-5H,6-12H2,1H3. The van der Waals surface area contributed by atoms with E-state index in [1.807, 2.05) is 12.1 Å². The van der Waals surface area contributed by atoms with E-state index in [0.29, 0.717) is 31.5 Å². The van der Waals surface area contributed by atoms with Gasteiger partial charge in [-0.1, -0.05) is 35.0 Å². The largest absolute Gasteiger partial charge is 0.347 e. The Labute approximate surface area is 135 Å². The lowest BCUT2D eigenvalue weighted by atomic mass is 10.0. The summed E-state index contributed by atoms with van der Waals surface area (Å²) in [6, 6.07) is 8.14. The Morgan fingerprint density at radius 2 is 1.78 bits per heavy atom. The van der Waals surface area contributed by atoms with Gasteiger partial charge < -0.3 is 14.0 Å². The highest BCUT2D eigenvalue weighted by molar-refractivity contribution is 5.54. The first-order chi connectivity index (χ1) is 11.2. The first kappa shape index (κ1) is 14.8. The van der Waals surface area contributed by atoms with Gasteiger partial charge in [-0.3, -0.25) is 4.90 Å². The van der Waals surface area contributed by atoms with Crippen LogP contribution in [-0.4, -0.2) is 47.1 Å². The molecule has 0 aliphatic carbocycles. The maximum atomic E-state index is 5.75. The Morgan fingerprint density at radius 3 is 2.48 bits per heavy atom. The summed E-state index contributed by atoms with van der Waals surface area (Å²) in [6.45, 7) is 6.00. The number of nitrogens with zero attached hydrogens (tertiary/aromatic N) is 3. The van der Waals surface area contributed by atoms with Gasteiger partial charge in [0.15, 0.2) is 5.79 Å². The van der Waals surface area contributed by atoms with Gasteiger partial charge in [0, 0.05) is 31.5 Å². The maximum absolute atomic E-state index is 5.75. The highest BCUT2D eigenvalue weighted by atomic mass is 16.7. The molecule has 6 heteroatoms. The molecule has 122 valence electrons. The molecule has 0 amide bonds. The second-order valence-electron chi connectivity index (χ2n) is 6.26. The maximum Gasteiger partial charge on any atom is 0.241 e. The number of benzene rings is 1. The fourth-order valence-electron chi connectivity index (χ4n) is 3.17. The fourth-order valence-corrected chi connectivity index (χ4v) is 3.17. The molecule has 0 atom stereocenters. The van der Waals surface area contributed by atoms with Crippen molar-refractivity contribution < 1.29 is 14.0 Å². The van der Waals surface area contributed by atoms with Gasteiger partial charge in [-0.25, -0.2) is 0 Å². The molecule has 3 heterocycles. The van der Waals surface area contributed by atoms with E-state index in [9.17, 15) is 0 Å². The lowest BCUT2D eigenvalue weighted by Crippen LogP contribution is -2.44. The summed E-state index contributed by atoms with van der Waals surface area (Å²) < 4.78 is 16.9. The van der Waals surface area contributed by atoms with E-state index in [1.165, 1.54) is 5.56 Å². The average molecular weight is 315 g/mol. The Kier molecular flexibility index (Phi) is 3.88. The van der Waals surface area contributed by atoms with Crippen molar-refractivity contribution >= 4 is 0 Å². The molecule has 0 N–H and O–H groups in total. The zero-order valence-corrected chi connectivity index (χ0v) is 13.3. The third-order valence-electron chi connectivity index (χ3n) is 4.57. The summed E-state index contributed by atoms with van der Waals surface area (Å²) in [6.07, 6.45) is 1.79. The number of ether oxygens (including phenoxy) is 2. The van der Waals surface area contributed by atoms with E-state index in [2.05, 4.69) is 34.1 Å². The number of aromatic nitrogens is 2. The molecule has 23 heavy (non-hydrogen) atoms. The van der Waals surface area contributed by atoms with Crippen molar-refractivity contribution in [3.63, 3.8) is 0 Å². The van der Waals surface area contributed by atoms with E-state index in [-0.39, 0.29) is 5.79 Å². The third kappa shape index (κ3) is 3.15. The molecule has 0 radical (unpaired) electrons. The van der Waals surface area contributed by atoms with Crippen LogP contribution in [0, 0.1) is 6.92 Å². The predicted octanol–water partition coefficient (Wildman–Crippen LogP) is 2.38. The predicted molar refractivity (Wildman–Crippen MR) is 83.6 cm³/mol. The minimum absolute atomic E-state index is 0.335. The van der Waals surface area contributed by atoms with Gasteiger partial charge in [-0.2, -0.15) is 4.98 Å². The molecule has 2 aliphatic heterocycles. The molecule has 2 saturated heterocycles. The van der Waals surface area contributed by atoms with Crippen LogP contribution in [0.3, 0.4) is 0 Å². The minimum atomic E-state index is -0.335. The Balaban J connectivity index is 1.38. The summed E-state index contributed by atoms with van der Waals surface area (Å²) in [5, 5.41) is 4.09. The Bertz CT molecular complexity index is 652. The van der Waals surface area contributed by atoms with Crippen LogP contribution < -0.4 is 0 Å². The van der Waals surface area contributed by atoms with Crippen LogP contribution in [0.2, 0.25) is 0 Å². The van der Waals surface area contributed by atoms with Gasteiger partial charge in [0.1, 0.15) is 0 Å². The van der Waals surface area contributed by atoms with Crippen molar-refractivity contribution in [3.05, 3.63) is 35.7 Å². The van der Waals surface area contributed by atoms with E-state index in [0.717, 1.165) is 31.5 Å². The first-order valence-electron chi connectivity index (χ1n) is 8.12. The van der Waals surface area contributed by atoms with Crippen LogP contribution in [0.1, 0.15) is 24.3 Å². The zero-order chi connectivity index (χ0) is 15.7. The van der Waals surface area contributed by atoms with E-state index >= 15 is 0 Å². The highest BCUT2D eigenvalue weighted by Crippen LogP contribution is 2.31. The van der Waals surface area contributed by atoms with E-state index < -0.39 is 0 Å². The Morgan fingerprint density at radius 1 is 1.09 bits per heavy atom. The highest BCUT2D eigenvalue weighted by Gasteiger charge is 2.39. The molecule has 0 unspecified atom stereocenters. The number of rotatable bonds is 3. The number of aryl methyl sites for hydroxylation is 1. The van der Waals surface area contributed by atoms with Crippen molar-refractivity contribution in [3.8, 4) is 11.4 Å². The summed E-state index contributed by atoms with van der Waals surface area (Å²) in [4.78, 5) is 6.82. The number of piperidine rings is 1. The molecule has 4 rings (SSSR count). The Hall–Kier alpha value is -1.76. The number of hydrogen-bond donors (Lipinski definition) is 0. The molecule has 2 aliphatic rings. The van der Waals surface area contributed by atoms with Crippen molar-refractivity contribution in [1.82, 2.24) is 15.0 Å². The van der Waals surface area contributed by atoms with Crippen molar-refractivity contribution in [2.45, 2.75) is 32.1 Å². The summed E-state index contributed by atoms with van der Waals surface area (Å²) in [5.41, 5.74) is 2.20. The fraction of sp³-hybridized carbons (Fsp3) is 0.529. The van der Waals surface area contributed by atoms with Crippen molar-refractivity contribution in [2.75, 3.05) is 26.3 Å². The van der Waals surface area contributed by atoms with Crippen LogP contribution in [0.25, 0.3) is 11.4 Å². The smallest absolute Gasteiger partial charge is 0.241 e. The second kappa shape index (κ2) is 6.03. The van der Waals surface area contributed by atoms with E-state index in [1.54, 1.807) is 0 Å². The van der Waals surface area contributed by atoms with Gasteiger partial charge in [-0.15, -0.1) is 0 Å². The molecule has 1 aromatic heterocycles. The SMILES string of the molecule is Cc1ccc(-c2noc(CN3CCC4(CC3)OCCO4)n2)cc1. The molecule has 0 bridgehead atoms. The van der Waals surface area contributed by atoms with Gasteiger partial charge in [0.25, 0.3) is 0 Å². The summed E-state index contributed by atoms with van der Waals surface area (Å²) >= 11 is 0. The minimum Gasteiger partial charge on any atom is -0.347 e. The monoisotopic (exact) mass is 315 g/mol. The average Bonchev–Trinajstić information content (AvgIpc) is 3.21. The molecule has 1 aromatic carbocycles. The van der Waals surface area contributed by atoms with Crippen LogP contribution in [-0.2, 0) is 16.0 Å². The molecular weight excluding hydrogens is 294 g/mol. The lowest BCUT2D eigenvalue weighted by molar-refractivity contribution is -0.186. The topological polar surface area (TPSA) is 60.6 Å². The molecule has 6 nitrogen and oxygen atoms in total. The lowest BCUT2D eigenvalue weighted by Gasteiger charge is -2.36. The normalized spacial score (nSPS) is 21.1. The molecular formula is C17H21N3O3. The van der Waals surface area contributed by atoms with Gasteiger partial charge >= 0.3 is 0 Å². The van der Waals surface area contributed by atoms with Crippen LogP contribution in [0.15, 0.2) is 28.8 Å². The molecule has 2 aromatic rings. The summed E-state index contributed by atoms with van der Waals surface area (Å²) in [7, 11) is 0. The zero-order valence-electron chi connectivity index (χ0n) is 13.3. The van der Waals surface area contributed by atoms with Gasteiger partial charge in [0.05, 0.1) is 19.8 Å². The molecule has 0 saturated carbocycles. The van der Waals surface area contributed by atoms with Crippen LogP contribution in [0.5, 0.6) is 0 Å². The quantitative estimate of drug-likeness (QED) is 0.867. The third-order valence-corrected chi connectivity index (χ3v) is 4.57. The van der Waals surface area contributed by atoms with Crippen molar-refractivity contribution in [2.24, 2.45) is 0 Å². The molecule has 2 fully saturated rings. The van der Waals surface area contributed by atoms with Gasteiger partial charge in [-0.05, 0) is 6.92 Å². The molecule has 1 spiro atoms. The van der Waals surface area contributed by atoms with Gasteiger partial charge in [0.2, 0.25) is 11.7 Å². The first-order valence-corrected chi connectivity index (χ1v) is 8.12. The van der Waals surface area contributed by atoms with E-state index in [4.69, 9.17) is 14.0 Å². The number of likely N-dealkylation sites (tertiary alicyclic amines) is 1. The summed E-state index contributed by atoms with van der Waals surface area (Å²) in [5.74, 6) is 0.971. The second-order valence-corrected chi connectivity index (χ2v) is 6.26. The van der Waals surface area contributed by atoms with Crippen LogP contribution >= 0.6 is 0 Å². The number of hydrogen-bond acceptors (Lipinski definition) is 6. The van der Waals surface area contributed by atoms with Crippen LogP contribution in [0.4, 0.5) is 0 Å².